The lowest BCUT2D eigenvalue weighted by Crippen LogP contribution is -2.14. The Balaban J connectivity index is 1.37. The van der Waals surface area contributed by atoms with Gasteiger partial charge in [-0.1, -0.05) is 72.8 Å². The predicted octanol–water partition coefficient (Wildman–Crippen LogP) is 8.98. The fraction of sp³-hybridized carbons (Fsp3) is 0.222. The minimum Gasteiger partial charge on any atom is -0.489 e. The first-order valence-electron chi connectivity index (χ1n) is 14.4. The highest BCUT2D eigenvalue weighted by Crippen LogP contribution is 2.40. The summed E-state index contributed by atoms with van der Waals surface area (Å²) in [5, 5.41) is 9.81. The molecule has 0 aliphatic heterocycles. The molecule has 218 valence electrons. The Morgan fingerprint density at radius 3 is 2.49 bits per heavy atom. The van der Waals surface area contributed by atoms with Gasteiger partial charge in [0.1, 0.15) is 12.4 Å². The van der Waals surface area contributed by atoms with Gasteiger partial charge >= 0.3 is 12.1 Å². The van der Waals surface area contributed by atoms with E-state index in [1.54, 1.807) is 12.3 Å². The van der Waals surface area contributed by atoms with Gasteiger partial charge in [0, 0.05) is 11.6 Å². The summed E-state index contributed by atoms with van der Waals surface area (Å²) >= 11 is 0. The van der Waals surface area contributed by atoms with Gasteiger partial charge in [0.25, 0.3) is 0 Å². The fourth-order valence-corrected chi connectivity index (χ4v) is 6.23. The number of hydrogen-bond acceptors (Lipinski definition) is 3. The van der Waals surface area contributed by atoms with E-state index in [1.807, 2.05) is 72.8 Å². The molecular formula is C36H30F3NO3. The Hall–Kier alpha value is -4.65. The Morgan fingerprint density at radius 2 is 1.70 bits per heavy atom. The number of aliphatic carboxylic acids is 1. The first-order chi connectivity index (χ1) is 20.8. The molecular weight excluding hydrogens is 551 g/mol. The lowest BCUT2D eigenvalue weighted by atomic mass is 9.80. The average Bonchev–Trinajstić information content (AvgIpc) is 2.99. The highest BCUT2D eigenvalue weighted by molar-refractivity contribution is 5.98. The van der Waals surface area contributed by atoms with E-state index < -0.39 is 17.7 Å². The largest absolute Gasteiger partial charge is 0.489 e. The van der Waals surface area contributed by atoms with Crippen molar-refractivity contribution in [3.05, 3.63) is 131 Å². The lowest BCUT2D eigenvalue weighted by molar-refractivity contribution is -0.138. The van der Waals surface area contributed by atoms with Crippen LogP contribution in [-0.2, 0) is 30.4 Å². The van der Waals surface area contributed by atoms with Crippen molar-refractivity contribution in [3.63, 3.8) is 0 Å². The van der Waals surface area contributed by atoms with Crippen LogP contribution in [-0.4, -0.2) is 16.1 Å². The Labute approximate surface area is 247 Å². The maximum Gasteiger partial charge on any atom is 0.418 e. The SMILES string of the molecule is O=C(O)CC1CCCc2c(OCc3cccc(-c4c(Cc5ccccc5)cnc5c(C(F)(F)F)cccc45)c3)cccc21. The van der Waals surface area contributed by atoms with Gasteiger partial charge in [0.2, 0.25) is 0 Å². The number of para-hydroxylation sites is 1. The molecule has 4 aromatic carbocycles. The molecule has 1 aliphatic carbocycles. The second kappa shape index (κ2) is 11.9. The number of carboxylic acid groups (broad SMARTS) is 1. The molecule has 43 heavy (non-hydrogen) atoms. The van der Waals surface area contributed by atoms with Gasteiger partial charge < -0.3 is 9.84 Å². The zero-order valence-corrected chi connectivity index (χ0v) is 23.4. The molecule has 0 saturated carbocycles. The van der Waals surface area contributed by atoms with E-state index in [0.717, 1.165) is 70.0 Å². The minimum absolute atomic E-state index is 0.0299. The van der Waals surface area contributed by atoms with Crippen molar-refractivity contribution in [2.45, 2.75) is 50.8 Å². The molecule has 5 aromatic rings. The molecule has 4 nitrogen and oxygen atoms in total. The molecule has 1 unspecified atom stereocenters. The van der Waals surface area contributed by atoms with E-state index in [-0.39, 0.29) is 24.5 Å². The topological polar surface area (TPSA) is 59.4 Å². The van der Waals surface area contributed by atoms with Crippen LogP contribution in [0.2, 0.25) is 0 Å². The van der Waals surface area contributed by atoms with Gasteiger partial charge in [-0.3, -0.25) is 9.78 Å². The molecule has 0 fully saturated rings. The number of alkyl halides is 3. The Kier molecular flexibility index (Phi) is 7.89. The molecule has 7 heteroatoms. The average molecular weight is 582 g/mol. The number of fused-ring (bicyclic) bond motifs is 2. The third-order valence-corrected chi connectivity index (χ3v) is 8.14. The summed E-state index contributed by atoms with van der Waals surface area (Å²) in [7, 11) is 0. The maximum atomic E-state index is 13.9. The van der Waals surface area contributed by atoms with Crippen molar-refractivity contribution in [1.82, 2.24) is 4.98 Å². The van der Waals surface area contributed by atoms with E-state index >= 15 is 0 Å². The minimum atomic E-state index is -4.53. The zero-order valence-electron chi connectivity index (χ0n) is 23.4. The van der Waals surface area contributed by atoms with Crippen molar-refractivity contribution in [1.29, 1.82) is 0 Å². The number of carbonyl (C=O) groups is 1. The molecule has 6 rings (SSSR count). The van der Waals surface area contributed by atoms with Gasteiger partial charge in [-0.05, 0) is 88.7 Å². The first-order valence-corrected chi connectivity index (χ1v) is 14.4. The van der Waals surface area contributed by atoms with E-state index in [9.17, 15) is 23.1 Å². The molecule has 1 aliphatic rings. The van der Waals surface area contributed by atoms with Crippen molar-refractivity contribution in [2.24, 2.45) is 0 Å². The molecule has 0 spiro atoms. The van der Waals surface area contributed by atoms with Crippen LogP contribution in [0, 0.1) is 0 Å². The van der Waals surface area contributed by atoms with Crippen LogP contribution >= 0.6 is 0 Å². The van der Waals surface area contributed by atoms with E-state index in [0.29, 0.717) is 11.8 Å². The van der Waals surface area contributed by atoms with Crippen LogP contribution in [0.3, 0.4) is 0 Å². The number of pyridine rings is 1. The quantitative estimate of drug-likeness (QED) is 0.199. The van der Waals surface area contributed by atoms with Gasteiger partial charge in [-0.25, -0.2) is 0 Å². The summed E-state index contributed by atoms with van der Waals surface area (Å²) < 4.78 is 48.1. The Bertz CT molecular complexity index is 1780. The van der Waals surface area contributed by atoms with Crippen LogP contribution in [0.5, 0.6) is 5.75 Å². The number of ether oxygens (including phenoxy) is 1. The van der Waals surface area contributed by atoms with Gasteiger partial charge in [-0.2, -0.15) is 13.2 Å². The summed E-state index contributed by atoms with van der Waals surface area (Å²) in [5.74, 6) is -0.0942. The van der Waals surface area contributed by atoms with Crippen molar-refractivity contribution in [2.75, 3.05) is 0 Å². The lowest BCUT2D eigenvalue weighted by Gasteiger charge is -2.26. The summed E-state index contributed by atoms with van der Waals surface area (Å²) in [6.45, 7) is 0.263. The van der Waals surface area contributed by atoms with Gasteiger partial charge in [0.15, 0.2) is 0 Å². The summed E-state index contributed by atoms with van der Waals surface area (Å²) in [4.78, 5) is 15.7. The number of nitrogens with zero attached hydrogens (tertiary/aromatic N) is 1. The van der Waals surface area contributed by atoms with Crippen LogP contribution in [0.15, 0.2) is 97.2 Å². The normalized spacial score (nSPS) is 14.8. The third-order valence-electron chi connectivity index (χ3n) is 8.14. The summed E-state index contributed by atoms with van der Waals surface area (Å²) in [6, 6.07) is 27.5. The highest BCUT2D eigenvalue weighted by atomic mass is 19.4. The standard InChI is InChI=1S/C36H30F3NO3/c37-36(38,39)31-16-6-15-30-34(27(21-40-35(30)31)18-23-8-2-1-3-9-23)26-12-4-10-24(19-26)22-43-32-17-7-13-28-25(20-33(41)42)11-5-14-29(28)32/h1-4,6-10,12-13,15-17,19,21,25H,5,11,14,18,20,22H2,(H,41,42). The van der Waals surface area contributed by atoms with E-state index in [4.69, 9.17) is 4.74 Å². The van der Waals surface area contributed by atoms with Crippen LogP contribution in [0.25, 0.3) is 22.0 Å². The second-order valence-electron chi connectivity index (χ2n) is 11.0. The molecule has 0 saturated heterocycles. The predicted molar refractivity (Wildman–Crippen MR) is 160 cm³/mol. The molecule has 1 aromatic heterocycles. The number of benzene rings is 4. The molecule has 1 atom stereocenters. The van der Waals surface area contributed by atoms with E-state index in [1.165, 1.54) is 6.07 Å². The number of hydrogen-bond donors (Lipinski definition) is 1. The number of rotatable bonds is 8. The molecule has 1 heterocycles. The van der Waals surface area contributed by atoms with Crippen LogP contribution in [0.1, 0.15) is 58.6 Å². The van der Waals surface area contributed by atoms with Crippen molar-refractivity contribution < 1.29 is 27.8 Å². The molecule has 0 bridgehead atoms. The zero-order chi connectivity index (χ0) is 30.0. The first kappa shape index (κ1) is 28.5. The Morgan fingerprint density at radius 1 is 0.930 bits per heavy atom. The number of halogens is 3. The van der Waals surface area contributed by atoms with Crippen molar-refractivity contribution in [3.8, 4) is 16.9 Å². The van der Waals surface area contributed by atoms with Crippen LogP contribution in [0.4, 0.5) is 13.2 Å². The van der Waals surface area contributed by atoms with E-state index in [2.05, 4.69) is 4.98 Å². The second-order valence-corrected chi connectivity index (χ2v) is 11.0. The number of aromatic nitrogens is 1. The molecule has 0 amide bonds. The third kappa shape index (κ3) is 6.12. The molecule has 0 radical (unpaired) electrons. The number of carboxylic acids is 1. The fourth-order valence-electron chi connectivity index (χ4n) is 6.23. The maximum absolute atomic E-state index is 13.9. The van der Waals surface area contributed by atoms with Gasteiger partial charge in [-0.15, -0.1) is 0 Å². The highest BCUT2D eigenvalue weighted by Gasteiger charge is 2.33. The monoisotopic (exact) mass is 581 g/mol. The van der Waals surface area contributed by atoms with Gasteiger partial charge in [0.05, 0.1) is 17.5 Å². The van der Waals surface area contributed by atoms with Crippen molar-refractivity contribution >= 4 is 16.9 Å². The van der Waals surface area contributed by atoms with Crippen LogP contribution < -0.4 is 4.74 Å². The smallest absolute Gasteiger partial charge is 0.418 e. The summed E-state index contributed by atoms with van der Waals surface area (Å²) in [5.41, 5.74) is 5.50. The summed E-state index contributed by atoms with van der Waals surface area (Å²) in [6.07, 6.45) is 0.218. The molecule has 1 N–H and O–H groups in total.